The van der Waals surface area contributed by atoms with Crippen LogP contribution in [0.4, 0.5) is 0 Å². The third-order valence-corrected chi connectivity index (χ3v) is 4.98. The molecular weight excluding hydrogens is 294 g/mol. The Hall–Kier alpha value is -1.45. The SMILES string of the molecule is Cn1cc(S(=O)(=O)NCC(=O)N2CCCCC2CN)cn1. The van der Waals surface area contributed by atoms with Crippen LogP contribution in [0.1, 0.15) is 19.3 Å². The molecule has 1 unspecified atom stereocenters. The van der Waals surface area contributed by atoms with Crippen molar-refractivity contribution in [2.45, 2.75) is 30.2 Å². The molecule has 8 nitrogen and oxygen atoms in total. The van der Waals surface area contributed by atoms with Crippen molar-refractivity contribution in [3.05, 3.63) is 12.4 Å². The number of sulfonamides is 1. The second kappa shape index (κ2) is 6.54. The summed E-state index contributed by atoms with van der Waals surface area (Å²) < 4.78 is 27.8. The van der Waals surface area contributed by atoms with E-state index in [9.17, 15) is 13.2 Å². The maximum absolute atomic E-state index is 12.2. The van der Waals surface area contributed by atoms with E-state index < -0.39 is 10.0 Å². The maximum atomic E-state index is 12.2. The molecule has 0 spiro atoms. The van der Waals surface area contributed by atoms with E-state index in [2.05, 4.69) is 9.82 Å². The molecule has 0 aliphatic carbocycles. The molecule has 1 aliphatic rings. The Morgan fingerprint density at radius 3 is 2.90 bits per heavy atom. The lowest BCUT2D eigenvalue weighted by Crippen LogP contribution is -2.50. The molecule has 118 valence electrons. The molecule has 0 saturated carbocycles. The molecule has 0 radical (unpaired) electrons. The number of aryl methyl sites for hydroxylation is 1. The number of amides is 1. The number of nitrogens with two attached hydrogens (primary N) is 1. The highest BCUT2D eigenvalue weighted by molar-refractivity contribution is 7.89. The molecular formula is C12H21N5O3S. The molecule has 1 fully saturated rings. The lowest BCUT2D eigenvalue weighted by Gasteiger charge is -2.35. The van der Waals surface area contributed by atoms with Gasteiger partial charge in [-0.25, -0.2) is 13.1 Å². The summed E-state index contributed by atoms with van der Waals surface area (Å²) in [6.45, 7) is 0.782. The highest BCUT2D eigenvalue weighted by atomic mass is 32.2. The summed E-state index contributed by atoms with van der Waals surface area (Å²) in [5, 5.41) is 3.81. The van der Waals surface area contributed by atoms with E-state index in [1.54, 1.807) is 11.9 Å². The van der Waals surface area contributed by atoms with Crippen molar-refractivity contribution in [2.24, 2.45) is 12.8 Å². The van der Waals surface area contributed by atoms with Crippen LogP contribution in [-0.4, -0.2) is 54.7 Å². The van der Waals surface area contributed by atoms with Crippen molar-refractivity contribution in [3.8, 4) is 0 Å². The molecule has 1 aliphatic heterocycles. The Labute approximate surface area is 124 Å². The Balaban J connectivity index is 1.97. The quantitative estimate of drug-likeness (QED) is 0.727. The zero-order valence-electron chi connectivity index (χ0n) is 12.0. The average molecular weight is 315 g/mol. The standard InChI is InChI=1S/C12H21N5O3S/c1-16-9-11(7-14-16)21(19,20)15-8-12(18)17-5-3-2-4-10(17)6-13/h7,9-10,15H,2-6,8,13H2,1H3. The largest absolute Gasteiger partial charge is 0.337 e. The zero-order chi connectivity index (χ0) is 15.5. The molecule has 1 amide bonds. The van der Waals surface area contributed by atoms with Crippen molar-refractivity contribution >= 4 is 15.9 Å². The van der Waals surface area contributed by atoms with Crippen LogP contribution in [0.25, 0.3) is 0 Å². The Morgan fingerprint density at radius 1 is 1.52 bits per heavy atom. The lowest BCUT2D eigenvalue weighted by molar-refractivity contribution is -0.133. The van der Waals surface area contributed by atoms with E-state index in [1.165, 1.54) is 17.1 Å². The fourth-order valence-electron chi connectivity index (χ4n) is 2.45. The number of nitrogens with zero attached hydrogens (tertiary/aromatic N) is 3. The molecule has 3 N–H and O–H groups in total. The maximum Gasteiger partial charge on any atom is 0.244 e. The fourth-order valence-corrected chi connectivity index (χ4v) is 3.41. The predicted octanol–water partition coefficient (Wildman–Crippen LogP) is -0.962. The Kier molecular flexibility index (Phi) is 4.96. The number of aromatic nitrogens is 2. The number of hydrogen-bond donors (Lipinski definition) is 2. The topological polar surface area (TPSA) is 110 Å². The normalized spacial score (nSPS) is 19.7. The van der Waals surface area contributed by atoms with Gasteiger partial charge in [-0.3, -0.25) is 9.48 Å². The summed E-state index contributed by atoms with van der Waals surface area (Å²) in [4.78, 5) is 13.9. The summed E-state index contributed by atoms with van der Waals surface area (Å²) in [6, 6.07) is 0.00847. The van der Waals surface area contributed by atoms with Gasteiger partial charge in [0.05, 0.1) is 12.7 Å². The number of rotatable bonds is 5. The van der Waals surface area contributed by atoms with Gasteiger partial charge in [0, 0.05) is 32.4 Å². The average Bonchev–Trinajstić information content (AvgIpc) is 2.92. The summed E-state index contributed by atoms with van der Waals surface area (Å²) >= 11 is 0. The van der Waals surface area contributed by atoms with Crippen LogP contribution < -0.4 is 10.5 Å². The molecule has 0 aromatic carbocycles. The number of nitrogens with one attached hydrogen (secondary N) is 1. The Bertz CT molecular complexity index is 598. The molecule has 2 heterocycles. The van der Waals surface area contributed by atoms with E-state index in [4.69, 9.17) is 5.73 Å². The van der Waals surface area contributed by atoms with Gasteiger partial charge in [-0.1, -0.05) is 0 Å². The van der Waals surface area contributed by atoms with Crippen molar-refractivity contribution in [2.75, 3.05) is 19.6 Å². The number of likely N-dealkylation sites (tertiary alicyclic amines) is 1. The van der Waals surface area contributed by atoms with Gasteiger partial charge < -0.3 is 10.6 Å². The van der Waals surface area contributed by atoms with Gasteiger partial charge in [0.25, 0.3) is 0 Å². The molecule has 2 rings (SSSR count). The summed E-state index contributed by atoms with van der Waals surface area (Å²) in [5.41, 5.74) is 5.66. The van der Waals surface area contributed by atoms with Crippen LogP contribution in [0.3, 0.4) is 0 Å². The molecule has 9 heteroatoms. The summed E-state index contributed by atoms with van der Waals surface area (Å²) in [6.07, 6.45) is 5.48. The number of carbonyl (C=O) groups excluding carboxylic acids is 1. The minimum atomic E-state index is -3.71. The van der Waals surface area contributed by atoms with Gasteiger partial charge in [-0.2, -0.15) is 5.10 Å². The number of hydrogen-bond acceptors (Lipinski definition) is 5. The third kappa shape index (κ3) is 3.80. The fraction of sp³-hybridized carbons (Fsp3) is 0.667. The molecule has 1 aromatic rings. The highest BCUT2D eigenvalue weighted by Gasteiger charge is 2.26. The van der Waals surface area contributed by atoms with Crippen LogP contribution in [-0.2, 0) is 21.9 Å². The lowest BCUT2D eigenvalue weighted by atomic mass is 10.0. The molecule has 1 saturated heterocycles. The van der Waals surface area contributed by atoms with E-state index in [0.29, 0.717) is 13.1 Å². The van der Waals surface area contributed by atoms with Crippen LogP contribution in [0, 0.1) is 0 Å². The van der Waals surface area contributed by atoms with Gasteiger partial charge in [0.2, 0.25) is 15.9 Å². The van der Waals surface area contributed by atoms with Gasteiger partial charge in [-0.15, -0.1) is 0 Å². The first-order chi connectivity index (χ1) is 9.94. The van der Waals surface area contributed by atoms with Crippen LogP contribution in [0.15, 0.2) is 17.3 Å². The van der Waals surface area contributed by atoms with E-state index in [0.717, 1.165) is 19.3 Å². The summed E-state index contributed by atoms with van der Waals surface area (Å²) in [5.74, 6) is -0.238. The van der Waals surface area contributed by atoms with Crippen LogP contribution >= 0.6 is 0 Å². The second-order valence-electron chi connectivity index (χ2n) is 5.15. The van der Waals surface area contributed by atoms with Gasteiger partial charge in [-0.05, 0) is 19.3 Å². The van der Waals surface area contributed by atoms with E-state index in [-0.39, 0.29) is 23.4 Å². The monoisotopic (exact) mass is 315 g/mol. The molecule has 21 heavy (non-hydrogen) atoms. The summed E-state index contributed by atoms with van der Waals surface area (Å²) in [7, 11) is -2.08. The molecule has 1 atom stereocenters. The third-order valence-electron chi connectivity index (χ3n) is 3.62. The van der Waals surface area contributed by atoms with Gasteiger partial charge >= 0.3 is 0 Å². The first kappa shape index (κ1) is 15.9. The van der Waals surface area contributed by atoms with Gasteiger partial charge in [0.1, 0.15) is 4.90 Å². The first-order valence-electron chi connectivity index (χ1n) is 6.92. The second-order valence-corrected chi connectivity index (χ2v) is 6.91. The first-order valence-corrected chi connectivity index (χ1v) is 8.40. The highest BCUT2D eigenvalue weighted by Crippen LogP contribution is 2.16. The van der Waals surface area contributed by atoms with E-state index >= 15 is 0 Å². The van der Waals surface area contributed by atoms with Crippen molar-refractivity contribution < 1.29 is 13.2 Å². The minimum Gasteiger partial charge on any atom is -0.337 e. The Morgan fingerprint density at radius 2 is 2.29 bits per heavy atom. The van der Waals surface area contributed by atoms with E-state index in [1.807, 2.05) is 0 Å². The molecule has 0 bridgehead atoms. The number of piperidine rings is 1. The minimum absolute atomic E-state index is 0.00847. The molecule has 1 aromatic heterocycles. The number of carbonyl (C=O) groups is 1. The van der Waals surface area contributed by atoms with Crippen molar-refractivity contribution in [1.82, 2.24) is 19.4 Å². The predicted molar refractivity (Wildman–Crippen MR) is 76.8 cm³/mol. The van der Waals surface area contributed by atoms with Crippen molar-refractivity contribution in [1.29, 1.82) is 0 Å². The van der Waals surface area contributed by atoms with Crippen molar-refractivity contribution in [3.63, 3.8) is 0 Å². The smallest absolute Gasteiger partial charge is 0.244 e. The van der Waals surface area contributed by atoms with Gasteiger partial charge in [0.15, 0.2) is 0 Å². The zero-order valence-corrected chi connectivity index (χ0v) is 12.8. The van der Waals surface area contributed by atoms with Crippen LogP contribution in [0.5, 0.6) is 0 Å². The van der Waals surface area contributed by atoms with Crippen LogP contribution in [0.2, 0.25) is 0 Å².